The van der Waals surface area contributed by atoms with Crippen LogP contribution in [0.5, 0.6) is 0 Å². The molecule has 0 aliphatic rings. The molecule has 45 heavy (non-hydrogen) atoms. The SMILES string of the molecule is CC(C)C[C@H](NC(=O)[C@H](Cc1ccccc1)NC(=O)[C@@H](N)CO)C(=O)N[C@H](CC(C)C)C(=O)N[C@@H](CCCN=C(N)N)C(N)=O. The monoisotopic (exact) mass is 633 g/mol. The number of aliphatic imine (C=N–C) groups is 1. The first-order valence-electron chi connectivity index (χ1n) is 15.1. The fraction of sp³-hybridized carbons (Fsp3) is 0.600. The smallest absolute Gasteiger partial charge is 0.243 e. The van der Waals surface area contributed by atoms with Gasteiger partial charge in [-0.15, -0.1) is 0 Å². The molecule has 0 radical (unpaired) electrons. The highest BCUT2D eigenvalue weighted by Gasteiger charge is 2.32. The van der Waals surface area contributed by atoms with Gasteiger partial charge in [-0.05, 0) is 43.1 Å². The summed E-state index contributed by atoms with van der Waals surface area (Å²) in [4.78, 5) is 68.8. The van der Waals surface area contributed by atoms with Gasteiger partial charge in [-0.3, -0.25) is 29.0 Å². The number of guanidine groups is 1. The third kappa shape index (κ3) is 15.4. The van der Waals surface area contributed by atoms with Crippen LogP contribution in [0.15, 0.2) is 35.3 Å². The van der Waals surface area contributed by atoms with E-state index in [1.165, 1.54) is 0 Å². The second kappa shape index (κ2) is 19.9. The third-order valence-corrected chi connectivity index (χ3v) is 6.73. The van der Waals surface area contributed by atoms with Gasteiger partial charge in [0.25, 0.3) is 0 Å². The normalized spacial score (nSPS) is 14.4. The fourth-order valence-electron chi connectivity index (χ4n) is 4.43. The number of carbonyl (C=O) groups is 5. The van der Waals surface area contributed by atoms with E-state index in [-0.39, 0.29) is 50.0 Å². The van der Waals surface area contributed by atoms with Crippen molar-refractivity contribution in [1.82, 2.24) is 21.3 Å². The first-order chi connectivity index (χ1) is 21.1. The minimum atomic E-state index is -1.24. The number of primary amides is 1. The first kappa shape index (κ1) is 38.8. The van der Waals surface area contributed by atoms with Crippen LogP contribution in [0, 0.1) is 11.8 Å². The highest BCUT2D eigenvalue weighted by atomic mass is 16.3. The topological polar surface area (TPSA) is 270 Å². The average molecular weight is 634 g/mol. The Bertz CT molecular complexity index is 1140. The molecule has 15 nitrogen and oxygen atoms in total. The van der Waals surface area contributed by atoms with Crippen LogP contribution in [-0.2, 0) is 30.4 Å². The molecule has 1 aromatic carbocycles. The molecule has 0 heterocycles. The fourth-order valence-corrected chi connectivity index (χ4v) is 4.43. The van der Waals surface area contributed by atoms with Gasteiger partial charge in [0, 0.05) is 13.0 Å². The van der Waals surface area contributed by atoms with Crippen LogP contribution < -0.4 is 44.2 Å². The molecule has 0 aliphatic carbocycles. The zero-order valence-corrected chi connectivity index (χ0v) is 26.6. The Morgan fingerprint density at radius 1 is 0.733 bits per heavy atom. The zero-order chi connectivity index (χ0) is 34.1. The van der Waals surface area contributed by atoms with Gasteiger partial charge < -0.3 is 49.3 Å². The van der Waals surface area contributed by atoms with Gasteiger partial charge >= 0.3 is 0 Å². The predicted molar refractivity (Wildman–Crippen MR) is 171 cm³/mol. The van der Waals surface area contributed by atoms with E-state index < -0.39 is 66.4 Å². The van der Waals surface area contributed by atoms with Crippen LogP contribution in [0.4, 0.5) is 0 Å². The van der Waals surface area contributed by atoms with Crippen LogP contribution in [0.25, 0.3) is 0 Å². The largest absolute Gasteiger partial charge is 0.394 e. The van der Waals surface area contributed by atoms with Crippen molar-refractivity contribution >= 4 is 35.5 Å². The predicted octanol–water partition coefficient (Wildman–Crippen LogP) is -1.88. The van der Waals surface area contributed by atoms with Crippen molar-refractivity contribution < 1.29 is 29.1 Å². The molecule has 252 valence electrons. The van der Waals surface area contributed by atoms with E-state index in [0.717, 1.165) is 5.56 Å². The molecule has 0 aliphatic heterocycles. The maximum Gasteiger partial charge on any atom is 0.243 e. The van der Waals surface area contributed by atoms with Gasteiger partial charge in [0.05, 0.1) is 6.61 Å². The second-order valence-corrected chi connectivity index (χ2v) is 11.8. The molecule has 5 amide bonds. The molecule has 0 saturated carbocycles. The number of aliphatic hydroxyl groups excluding tert-OH is 1. The van der Waals surface area contributed by atoms with E-state index in [2.05, 4.69) is 26.3 Å². The first-order valence-corrected chi connectivity index (χ1v) is 15.1. The number of carbonyl (C=O) groups excluding carboxylic acids is 5. The molecule has 5 atom stereocenters. The van der Waals surface area contributed by atoms with Crippen molar-refractivity contribution in [2.75, 3.05) is 13.2 Å². The summed E-state index contributed by atoms with van der Waals surface area (Å²) in [6, 6.07) is 3.49. The summed E-state index contributed by atoms with van der Waals surface area (Å²) >= 11 is 0. The molecular formula is C30H51N9O6. The Labute approximate surface area is 264 Å². The van der Waals surface area contributed by atoms with Crippen LogP contribution in [0.2, 0.25) is 0 Å². The summed E-state index contributed by atoms with van der Waals surface area (Å²) in [5.74, 6) is -3.49. The number of nitrogens with zero attached hydrogens (tertiary/aromatic N) is 1. The van der Waals surface area contributed by atoms with Crippen LogP contribution >= 0.6 is 0 Å². The summed E-state index contributed by atoms with van der Waals surface area (Å²) in [6.45, 7) is 7.10. The van der Waals surface area contributed by atoms with Gasteiger partial charge in [0.15, 0.2) is 5.96 Å². The molecule has 1 rings (SSSR count). The minimum absolute atomic E-state index is 0.0192. The van der Waals surface area contributed by atoms with E-state index in [1.54, 1.807) is 24.3 Å². The van der Waals surface area contributed by atoms with Crippen molar-refractivity contribution in [1.29, 1.82) is 0 Å². The van der Waals surface area contributed by atoms with Gasteiger partial charge in [-0.1, -0.05) is 58.0 Å². The zero-order valence-electron chi connectivity index (χ0n) is 26.6. The van der Waals surface area contributed by atoms with E-state index >= 15 is 0 Å². The maximum atomic E-state index is 13.6. The van der Waals surface area contributed by atoms with Crippen molar-refractivity contribution in [2.45, 2.75) is 90.0 Å². The molecule has 0 saturated heterocycles. The molecule has 0 aromatic heterocycles. The number of benzene rings is 1. The van der Waals surface area contributed by atoms with E-state index in [9.17, 15) is 29.1 Å². The summed E-state index contributed by atoms with van der Waals surface area (Å²) in [5, 5.41) is 19.9. The minimum Gasteiger partial charge on any atom is -0.394 e. The molecule has 0 bridgehead atoms. The number of aliphatic hydroxyl groups is 1. The number of amides is 5. The number of hydrogen-bond acceptors (Lipinski definition) is 8. The lowest BCUT2D eigenvalue weighted by Gasteiger charge is -2.28. The highest BCUT2D eigenvalue weighted by Crippen LogP contribution is 2.11. The summed E-state index contributed by atoms with van der Waals surface area (Å²) < 4.78 is 0. The lowest BCUT2D eigenvalue weighted by atomic mass is 9.98. The van der Waals surface area contributed by atoms with Crippen LogP contribution in [-0.4, -0.2) is 84.0 Å². The Balaban J connectivity index is 3.15. The van der Waals surface area contributed by atoms with Crippen LogP contribution in [0.1, 0.15) is 58.9 Å². The molecule has 0 unspecified atom stereocenters. The molecule has 0 fully saturated rings. The summed E-state index contributed by atoms with van der Waals surface area (Å²) in [7, 11) is 0. The highest BCUT2D eigenvalue weighted by molar-refractivity contribution is 5.95. The van der Waals surface area contributed by atoms with E-state index in [0.29, 0.717) is 6.42 Å². The molecule has 0 spiro atoms. The molecule has 13 N–H and O–H groups in total. The van der Waals surface area contributed by atoms with E-state index in [1.807, 2.05) is 33.8 Å². The number of hydrogen-bond donors (Lipinski definition) is 9. The number of nitrogens with two attached hydrogens (primary N) is 4. The third-order valence-electron chi connectivity index (χ3n) is 6.73. The van der Waals surface area contributed by atoms with Crippen molar-refractivity contribution in [3.8, 4) is 0 Å². The molecule has 1 aromatic rings. The van der Waals surface area contributed by atoms with Gasteiger partial charge in [0.1, 0.15) is 30.2 Å². The Kier molecular flexibility index (Phi) is 17.2. The number of nitrogens with one attached hydrogen (secondary N) is 4. The van der Waals surface area contributed by atoms with E-state index in [4.69, 9.17) is 22.9 Å². The summed E-state index contributed by atoms with van der Waals surface area (Å²) in [5.41, 5.74) is 22.6. The standard InChI is InChI=1S/C30H51N9O6/c1-17(2)13-22(27(43)36-21(25(32)41)11-8-12-35-30(33)34)38-28(44)23(14-18(3)4)39-29(45)24(37-26(42)20(31)16-40)15-19-9-6-5-7-10-19/h5-7,9-10,17-18,20-24,40H,8,11-16,31H2,1-4H3,(H2,32,41)(H,36,43)(H,37,42)(H,38,44)(H,39,45)(H4,33,34,35)/t20-,21-,22+,23-,24-/m0/s1. The second-order valence-electron chi connectivity index (χ2n) is 11.8. The maximum absolute atomic E-state index is 13.6. The van der Waals surface area contributed by atoms with Gasteiger partial charge in [-0.25, -0.2) is 0 Å². The quantitative estimate of drug-likeness (QED) is 0.0441. The Hall–Kier alpha value is -4.24. The van der Waals surface area contributed by atoms with Crippen molar-refractivity contribution in [3.63, 3.8) is 0 Å². The lowest BCUT2D eigenvalue weighted by Crippen LogP contribution is -2.59. The van der Waals surface area contributed by atoms with Crippen LogP contribution in [0.3, 0.4) is 0 Å². The molecular weight excluding hydrogens is 582 g/mol. The Morgan fingerprint density at radius 3 is 1.64 bits per heavy atom. The average Bonchev–Trinajstić information content (AvgIpc) is 2.96. The lowest BCUT2D eigenvalue weighted by molar-refractivity contribution is -0.135. The Morgan fingerprint density at radius 2 is 1.20 bits per heavy atom. The van der Waals surface area contributed by atoms with Crippen molar-refractivity contribution in [2.24, 2.45) is 39.8 Å². The number of rotatable bonds is 20. The van der Waals surface area contributed by atoms with Gasteiger partial charge in [0.2, 0.25) is 29.5 Å². The summed E-state index contributed by atoms with van der Waals surface area (Å²) in [6.07, 6.45) is 1.12. The molecule has 15 heteroatoms. The van der Waals surface area contributed by atoms with Crippen molar-refractivity contribution in [3.05, 3.63) is 35.9 Å². The van der Waals surface area contributed by atoms with Gasteiger partial charge in [-0.2, -0.15) is 0 Å².